The van der Waals surface area contributed by atoms with Crippen LogP contribution in [0.15, 0.2) is 0 Å². The predicted octanol–water partition coefficient (Wildman–Crippen LogP) is 1.04. The van der Waals surface area contributed by atoms with Crippen molar-refractivity contribution in [2.24, 2.45) is 16.6 Å². The lowest BCUT2D eigenvalue weighted by molar-refractivity contribution is -0.104. The van der Waals surface area contributed by atoms with Gasteiger partial charge < -0.3 is 15.6 Å². The van der Waals surface area contributed by atoms with Crippen molar-refractivity contribution in [2.45, 2.75) is 52.5 Å². The Hall–Kier alpha value is -0.160. The Kier molecular flexibility index (Phi) is 4.35. The van der Waals surface area contributed by atoms with Crippen LogP contribution in [0.5, 0.6) is 0 Å². The number of aliphatic hydroxyl groups excluding tert-OH is 1. The third-order valence-electron chi connectivity index (χ3n) is 3.40. The summed E-state index contributed by atoms with van der Waals surface area (Å²) in [5, 5.41) is 12.3. The highest BCUT2D eigenvalue weighted by molar-refractivity contribution is 4.94. The lowest BCUT2D eigenvalue weighted by Crippen LogP contribution is -2.48. The van der Waals surface area contributed by atoms with Crippen molar-refractivity contribution in [3.05, 3.63) is 0 Å². The normalized spacial score (nSPS) is 36.0. The third-order valence-corrected chi connectivity index (χ3v) is 3.40. The van der Waals surface area contributed by atoms with Crippen molar-refractivity contribution < 1.29 is 9.84 Å². The van der Waals surface area contributed by atoms with Crippen molar-refractivity contribution in [3.63, 3.8) is 0 Å². The molecule has 3 unspecified atom stereocenters. The highest BCUT2D eigenvalue weighted by Crippen LogP contribution is 2.45. The minimum Gasteiger partial charge on any atom is -0.356 e. The first-order valence-corrected chi connectivity index (χ1v) is 5.96. The average Bonchev–Trinajstić information content (AvgIpc) is 2.10. The number of methoxy groups -OCH3 is 1. The summed E-state index contributed by atoms with van der Waals surface area (Å²) in [4.78, 5) is 0. The van der Waals surface area contributed by atoms with Crippen molar-refractivity contribution in [3.8, 4) is 0 Å². The van der Waals surface area contributed by atoms with Crippen LogP contribution in [0.3, 0.4) is 0 Å². The molecule has 0 aromatic heterocycles. The molecule has 0 aromatic rings. The molecule has 1 aliphatic carbocycles. The van der Waals surface area contributed by atoms with Gasteiger partial charge in [-0.3, -0.25) is 5.32 Å². The van der Waals surface area contributed by atoms with E-state index >= 15 is 0 Å². The lowest BCUT2D eigenvalue weighted by atomic mass is 9.63. The second kappa shape index (κ2) is 5.00. The Morgan fingerprint density at radius 2 is 2.06 bits per heavy atom. The molecule has 0 spiro atoms. The molecule has 0 aromatic carbocycles. The molecular weight excluding hydrogens is 204 g/mol. The molecular formula is C12H26N2O2. The Bertz CT molecular complexity index is 233. The minimum atomic E-state index is -0.877. The number of rotatable bonds is 4. The van der Waals surface area contributed by atoms with E-state index < -0.39 is 6.41 Å². The Morgan fingerprint density at radius 3 is 2.56 bits per heavy atom. The van der Waals surface area contributed by atoms with Crippen LogP contribution in [0.1, 0.15) is 40.0 Å². The molecule has 1 saturated carbocycles. The Morgan fingerprint density at radius 1 is 1.44 bits per heavy atom. The molecule has 0 saturated heterocycles. The number of nitrogens with two attached hydrogens (primary N) is 1. The number of ether oxygens (including phenoxy) is 1. The quantitative estimate of drug-likeness (QED) is 0.631. The molecule has 0 radical (unpaired) electrons. The van der Waals surface area contributed by atoms with Crippen LogP contribution < -0.4 is 11.1 Å². The Balaban J connectivity index is 2.55. The van der Waals surface area contributed by atoms with E-state index in [0.717, 1.165) is 25.8 Å². The average molecular weight is 230 g/mol. The fraction of sp³-hybridized carbons (Fsp3) is 1.00. The van der Waals surface area contributed by atoms with Gasteiger partial charge in [-0.2, -0.15) is 0 Å². The molecule has 4 N–H and O–H groups in total. The van der Waals surface area contributed by atoms with Gasteiger partial charge in [-0.05, 0) is 30.1 Å². The van der Waals surface area contributed by atoms with E-state index in [4.69, 9.17) is 10.5 Å². The SMILES string of the molecule is COC(O)NCC1(C)CC(N)CC(C)(C)C1. The summed E-state index contributed by atoms with van der Waals surface area (Å²) in [6, 6.07) is 0.259. The van der Waals surface area contributed by atoms with Crippen LogP contribution >= 0.6 is 0 Å². The first kappa shape index (κ1) is 13.9. The summed E-state index contributed by atoms with van der Waals surface area (Å²) in [5.74, 6) is 0. The molecule has 16 heavy (non-hydrogen) atoms. The van der Waals surface area contributed by atoms with Crippen LogP contribution in [0, 0.1) is 10.8 Å². The smallest absolute Gasteiger partial charge is 0.213 e. The van der Waals surface area contributed by atoms with Gasteiger partial charge in [0.25, 0.3) is 0 Å². The maximum Gasteiger partial charge on any atom is 0.213 e. The summed E-state index contributed by atoms with van der Waals surface area (Å²) in [7, 11) is 1.48. The van der Waals surface area contributed by atoms with Crippen molar-refractivity contribution in [2.75, 3.05) is 13.7 Å². The number of hydrogen-bond donors (Lipinski definition) is 3. The van der Waals surface area contributed by atoms with Gasteiger partial charge in [-0.1, -0.05) is 20.8 Å². The van der Waals surface area contributed by atoms with E-state index in [1.165, 1.54) is 7.11 Å². The molecule has 1 fully saturated rings. The van der Waals surface area contributed by atoms with Crippen molar-refractivity contribution >= 4 is 0 Å². The Labute approximate surface area is 98.5 Å². The molecule has 0 bridgehead atoms. The zero-order valence-corrected chi connectivity index (χ0v) is 10.9. The zero-order chi connectivity index (χ0) is 12.4. The molecule has 4 heteroatoms. The van der Waals surface area contributed by atoms with Gasteiger partial charge in [0, 0.05) is 19.7 Å². The third kappa shape index (κ3) is 4.01. The largest absolute Gasteiger partial charge is 0.356 e. The topological polar surface area (TPSA) is 67.5 Å². The lowest BCUT2D eigenvalue weighted by Gasteiger charge is -2.46. The molecule has 3 atom stereocenters. The van der Waals surface area contributed by atoms with E-state index in [2.05, 4.69) is 26.1 Å². The van der Waals surface area contributed by atoms with E-state index in [-0.39, 0.29) is 16.9 Å². The van der Waals surface area contributed by atoms with Gasteiger partial charge in [0.15, 0.2) is 0 Å². The van der Waals surface area contributed by atoms with Gasteiger partial charge >= 0.3 is 0 Å². The van der Waals surface area contributed by atoms with E-state index in [0.29, 0.717) is 0 Å². The summed E-state index contributed by atoms with van der Waals surface area (Å²) in [5.41, 5.74) is 6.53. The maximum absolute atomic E-state index is 9.33. The molecule has 0 amide bonds. The predicted molar refractivity (Wildman–Crippen MR) is 64.7 cm³/mol. The van der Waals surface area contributed by atoms with Crippen LogP contribution in [0.2, 0.25) is 0 Å². The summed E-state index contributed by atoms with van der Waals surface area (Å²) in [6.45, 7) is 7.48. The van der Waals surface area contributed by atoms with Crippen LogP contribution in [-0.4, -0.2) is 31.2 Å². The second-order valence-electron chi connectivity index (χ2n) is 6.29. The fourth-order valence-electron chi connectivity index (χ4n) is 3.27. The van der Waals surface area contributed by atoms with Crippen molar-refractivity contribution in [1.29, 1.82) is 0 Å². The molecule has 0 aliphatic heterocycles. The first-order chi connectivity index (χ1) is 7.26. The molecule has 0 heterocycles. The fourth-order valence-corrected chi connectivity index (χ4v) is 3.27. The van der Waals surface area contributed by atoms with Crippen LogP contribution in [0.4, 0.5) is 0 Å². The second-order valence-corrected chi connectivity index (χ2v) is 6.29. The summed E-state index contributed by atoms with van der Waals surface area (Å²) >= 11 is 0. The molecule has 1 aliphatic rings. The van der Waals surface area contributed by atoms with Gasteiger partial charge in [-0.25, -0.2) is 0 Å². The summed E-state index contributed by atoms with van der Waals surface area (Å²) in [6.07, 6.45) is 2.32. The number of nitrogens with one attached hydrogen (secondary N) is 1. The molecule has 1 rings (SSSR count). The first-order valence-electron chi connectivity index (χ1n) is 5.96. The van der Waals surface area contributed by atoms with Gasteiger partial charge in [0.2, 0.25) is 6.41 Å². The minimum absolute atomic E-state index is 0.140. The van der Waals surface area contributed by atoms with E-state index in [1.54, 1.807) is 0 Å². The highest BCUT2D eigenvalue weighted by Gasteiger charge is 2.39. The van der Waals surface area contributed by atoms with Gasteiger partial charge in [0.1, 0.15) is 0 Å². The molecule has 96 valence electrons. The van der Waals surface area contributed by atoms with Gasteiger partial charge in [0.05, 0.1) is 0 Å². The van der Waals surface area contributed by atoms with E-state index in [1.807, 2.05) is 0 Å². The van der Waals surface area contributed by atoms with Crippen LogP contribution in [-0.2, 0) is 4.74 Å². The standard InChI is InChI=1S/C12H26N2O2/c1-11(2)5-9(13)6-12(3,7-11)8-14-10(15)16-4/h9-10,14-15H,5-8,13H2,1-4H3. The number of hydrogen-bond acceptors (Lipinski definition) is 4. The van der Waals surface area contributed by atoms with E-state index in [9.17, 15) is 5.11 Å². The van der Waals surface area contributed by atoms with Gasteiger partial charge in [-0.15, -0.1) is 0 Å². The highest BCUT2D eigenvalue weighted by atomic mass is 16.6. The number of aliphatic hydroxyl groups is 1. The van der Waals surface area contributed by atoms with Crippen molar-refractivity contribution in [1.82, 2.24) is 5.32 Å². The monoisotopic (exact) mass is 230 g/mol. The molecule has 4 nitrogen and oxygen atoms in total. The zero-order valence-electron chi connectivity index (χ0n) is 10.9. The maximum atomic E-state index is 9.33. The van der Waals surface area contributed by atoms with Crippen LogP contribution in [0.25, 0.3) is 0 Å². The summed E-state index contributed by atoms with van der Waals surface area (Å²) < 4.78 is 4.78.